The maximum absolute atomic E-state index is 12.1. The first-order valence-electron chi connectivity index (χ1n) is 12.3. The van der Waals surface area contributed by atoms with Gasteiger partial charge in [0.15, 0.2) is 6.61 Å². The Morgan fingerprint density at radius 1 is 0.886 bits per heavy atom. The van der Waals surface area contributed by atoms with Gasteiger partial charge in [-0.2, -0.15) is 0 Å². The molecule has 1 amide bonds. The molecule has 0 unspecified atom stereocenters. The molecule has 0 radical (unpaired) electrons. The third kappa shape index (κ3) is 7.09. The predicted molar refractivity (Wildman–Crippen MR) is 139 cm³/mol. The number of ether oxygens (including phenoxy) is 2. The molecule has 4 rings (SSSR count). The fourth-order valence-electron chi connectivity index (χ4n) is 4.03. The van der Waals surface area contributed by atoms with E-state index in [0.29, 0.717) is 18.9 Å². The highest BCUT2D eigenvalue weighted by molar-refractivity contribution is 5.77. The van der Waals surface area contributed by atoms with Crippen LogP contribution in [0.1, 0.15) is 30.7 Å². The molecule has 6 nitrogen and oxygen atoms in total. The third-order valence-corrected chi connectivity index (χ3v) is 5.87. The number of benzene rings is 3. The Balaban J connectivity index is 1.24. The number of imidazole rings is 1. The molecule has 4 aromatic rings. The number of aromatic nitrogens is 2. The number of nitrogens with one attached hydrogen (secondary N) is 1. The van der Waals surface area contributed by atoms with Crippen LogP contribution in [0, 0.1) is 6.92 Å². The van der Waals surface area contributed by atoms with Crippen LogP contribution < -0.4 is 14.8 Å². The molecule has 3 aromatic carbocycles. The van der Waals surface area contributed by atoms with E-state index in [1.807, 2.05) is 54.6 Å². The Morgan fingerprint density at radius 3 is 2.51 bits per heavy atom. The molecular formula is C29H33N3O3. The summed E-state index contributed by atoms with van der Waals surface area (Å²) in [5.74, 6) is 2.59. The second-order valence-corrected chi connectivity index (χ2v) is 8.54. The summed E-state index contributed by atoms with van der Waals surface area (Å²) in [6, 6.07) is 25.7. The Kier molecular flexibility index (Phi) is 8.76. The van der Waals surface area contributed by atoms with Crippen LogP contribution in [0.2, 0.25) is 0 Å². The summed E-state index contributed by atoms with van der Waals surface area (Å²) in [7, 11) is 0. The lowest BCUT2D eigenvalue weighted by Gasteiger charge is -2.11. The van der Waals surface area contributed by atoms with Gasteiger partial charge in [-0.3, -0.25) is 4.79 Å². The van der Waals surface area contributed by atoms with Crippen molar-refractivity contribution in [2.75, 3.05) is 19.8 Å². The molecule has 1 aromatic heterocycles. The number of hydrogen-bond acceptors (Lipinski definition) is 4. The van der Waals surface area contributed by atoms with E-state index < -0.39 is 0 Å². The zero-order chi connectivity index (χ0) is 24.3. The monoisotopic (exact) mass is 471 g/mol. The maximum Gasteiger partial charge on any atom is 0.257 e. The molecule has 0 atom stereocenters. The van der Waals surface area contributed by atoms with E-state index in [0.717, 1.165) is 60.4 Å². The number of rotatable bonds is 13. The van der Waals surface area contributed by atoms with E-state index in [1.165, 1.54) is 0 Å². The van der Waals surface area contributed by atoms with E-state index in [-0.39, 0.29) is 12.5 Å². The molecule has 0 saturated heterocycles. The Morgan fingerprint density at radius 2 is 1.66 bits per heavy atom. The first-order valence-corrected chi connectivity index (χ1v) is 12.3. The largest absolute Gasteiger partial charge is 0.493 e. The fourth-order valence-corrected chi connectivity index (χ4v) is 4.03. The van der Waals surface area contributed by atoms with Crippen LogP contribution in [0.4, 0.5) is 0 Å². The van der Waals surface area contributed by atoms with Gasteiger partial charge in [0.2, 0.25) is 0 Å². The van der Waals surface area contributed by atoms with Gasteiger partial charge in [-0.15, -0.1) is 0 Å². The lowest BCUT2D eigenvalue weighted by Crippen LogP contribution is -2.30. The zero-order valence-electron chi connectivity index (χ0n) is 20.3. The van der Waals surface area contributed by atoms with Crippen molar-refractivity contribution >= 4 is 16.9 Å². The molecule has 0 aliphatic heterocycles. The zero-order valence-corrected chi connectivity index (χ0v) is 20.3. The second kappa shape index (κ2) is 12.6. The summed E-state index contributed by atoms with van der Waals surface area (Å²) in [4.78, 5) is 17.0. The number of amides is 1. The van der Waals surface area contributed by atoms with Gasteiger partial charge < -0.3 is 19.4 Å². The topological polar surface area (TPSA) is 65.4 Å². The van der Waals surface area contributed by atoms with E-state index in [4.69, 9.17) is 14.5 Å². The number of aryl methyl sites for hydroxylation is 3. The summed E-state index contributed by atoms with van der Waals surface area (Å²) < 4.78 is 13.8. The van der Waals surface area contributed by atoms with Crippen LogP contribution in [-0.2, 0) is 17.8 Å². The minimum atomic E-state index is -0.115. The average Bonchev–Trinajstić information content (AvgIpc) is 3.24. The van der Waals surface area contributed by atoms with Crippen molar-refractivity contribution in [1.29, 1.82) is 0 Å². The molecule has 182 valence electrons. The number of unbranched alkanes of at least 4 members (excludes halogenated alkanes) is 1. The predicted octanol–water partition coefficient (Wildman–Crippen LogP) is 5.33. The van der Waals surface area contributed by atoms with Gasteiger partial charge >= 0.3 is 0 Å². The number of nitrogens with zero attached hydrogens (tertiary/aromatic N) is 2. The summed E-state index contributed by atoms with van der Waals surface area (Å²) >= 11 is 0. The number of para-hydroxylation sites is 4. The smallest absolute Gasteiger partial charge is 0.257 e. The first kappa shape index (κ1) is 24.3. The quantitative estimate of drug-likeness (QED) is 0.268. The molecule has 1 heterocycles. The summed E-state index contributed by atoms with van der Waals surface area (Å²) in [5.41, 5.74) is 3.33. The van der Waals surface area contributed by atoms with Crippen molar-refractivity contribution in [3.05, 3.63) is 90.3 Å². The first-order chi connectivity index (χ1) is 17.2. The van der Waals surface area contributed by atoms with E-state index in [2.05, 4.69) is 41.1 Å². The van der Waals surface area contributed by atoms with Crippen molar-refractivity contribution < 1.29 is 14.3 Å². The molecule has 0 fully saturated rings. The van der Waals surface area contributed by atoms with Gasteiger partial charge in [-0.1, -0.05) is 48.5 Å². The van der Waals surface area contributed by atoms with Gasteiger partial charge in [0.05, 0.1) is 17.6 Å². The van der Waals surface area contributed by atoms with Crippen molar-refractivity contribution in [2.24, 2.45) is 0 Å². The van der Waals surface area contributed by atoms with Crippen LogP contribution >= 0.6 is 0 Å². The summed E-state index contributed by atoms with van der Waals surface area (Å²) in [6.07, 6.45) is 3.59. The minimum absolute atomic E-state index is 0.0209. The average molecular weight is 472 g/mol. The molecule has 1 N–H and O–H groups in total. The number of carbonyl (C=O) groups is 1. The maximum atomic E-state index is 12.1. The second-order valence-electron chi connectivity index (χ2n) is 8.54. The van der Waals surface area contributed by atoms with Crippen LogP contribution in [0.5, 0.6) is 11.5 Å². The SMILES string of the molecule is Cc1ccccc1OCCCCn1c(CCCNC(=O)COc2ccccc2)nc2ccccc21. The Labute approximate surface area is 206 Å². The van der Waals surface area contributed by atoms with Crippen LogP contribution in [0.25, 0.3) is 11.0 Å². The summed E-state index contributed by atoms with van der Waals surface area (Å²) in [5, 5.41) is 2.94. The van der Waals surface area contributed by atoms with Crippen molar-refractivity contribution in [2.45, 2.75) is 39.2 Å². The fraction of sp³-hybridized carbons (Fsp3) is 0.310. The lowest BCUT2D eigenvalue weighted by atomic mass is 10.2. The number of carbonyl (C=O) groups excluding carboxylic acids is 1. The number of fused-ring (bicyclic) bond motifs is 1. The molecule has 0 spiro atoms. The molecule has 0 saturated carbocycles. The van der Waals surface area contributed by atoms with Crippen LogP contribution in [0.3, 0.4) is 0 Å². The van der Waals surface area contributed by atoms with Crippen molar-refractivity contribution in [3.8, 4) is 11.5 Å². The summed E-state index contributed by atoms with van der Waals surface area (Å²) in [6.45, 7) is 4.27. The van der Waals surface area contributed by atoms with Crippen LogP contribution in [-0.4, -0.2) is 35.2 Å². The molecule has 0 bridgehead atoms. The third-order valence-electron chi connectivity index (χ3n) is 5.87. The van der Waals surface area contributed by atoms with Gasteiger partial charge in [0, 0.05) is 19.5 Å². The standard InChI is InChI=1S/C29H33N3O3/c1-23-12-5-8-17-27(23)34-21-10-9-20-32-26-16-7-6-15-25(26)31-28(32)18-11-19-30-29(33)22-35-24-13-3-2-4-14-24/h2-8,12-17H,9-11,18-22H2,1H3,(H,30,33). The van der Waals surface area contributed by atoms with Crippen molar-refractivity contribution in [3.63, 3.8) is 0 Å². The lowest BCUT2D eigenvalue weighted by molar-refractivity contribution is -0.123. The molecule has 6 heteroatoms. The Hall–Kier alpha value is -3.80. The molecule has 0 aliphatic rings. The van der Waals surface area contributed by atoms with Gasteiger partial charge in [0.1, 0.15) is 17.3 Å². The molecule has 35 heavy (non-hydrogen) atoms. The molecular weight excluding hydrogens is 438 g/mol. The van der Waals surface area contributed by atoms with E-state index >= 15 is 0 Å². The normalized spacial score (nSPS) is 10.9. The number of hydrogen-bond donors (Lipinski definition) is 1. The minimum Gasteiger partial charge on any atom is -0.493 e. The highest BCUT2D eigenvalue weighted by Crippen LogP contribution is 2.19. The van der Waals surface area contributed by atoms with Gasteiger partial charge in [-0.05, 0) is 62.1 Å². The van der Waals surface area contributed by atoms with E-state index in [1.54, 1.807) is 0 Å². The highest BCUT2D eigenvalue weighted by atomic mass is 16.5. The van der Waals surface area contributed by atoms with Gasteiger partial charge in [-0.25, -0.2) is 4.98 Å². The Bertz CT molecular complexity index is 1220. The van der Waals surface area contributed by atoms with Crippen LogP contribution in [0.15, 0.2) is 78.9 Å². The van der Waals surface area contributed by atoms with Crippen molar-refractivity contribution in [1.82, 2.24) is 14.9 Å². The van der Waals surface area contributed by atoms with E-state index in [9.17, 15) is 4.79 Å². The molecule has 0 aliphatic carbocycles. The highest BCUT2D eigenvalue weighted by Gasteiger charge is 2.11. The van der Waals surface area contributed by atoms with Gasteiger partial charge in [0.25, 0.3) is 5.91 Å².